The maximum absolute atomic E-state index is 11.5. The number of rotatable bonds is 4. The number of methoxy groups -OCH3 is 1. The van der Waals surface area contributed by atoms with Crippen molar-refractivity contribution in [2.45, 2.75) is 17.6 Å². The van der Waals surface area contributed by atoms with Gasteiger partial charge in [-0.3, -0.25) is 0 Å². The summed E-state index contributed by atoms with van der Waals surface area (Å²) in [5.41, 5.74) is 1.73. The number of ether oxygens (including phenoxy) is 1. The van der Waals surface area contributed by atoms with Crippen LogP contribution in [0.3, 0.4) is 0 Å². The van der Waals surface area contributed by atoms with Crippen LogP contribution in [0, 0.1) is 6.92 Å². The Balaban J connectivity index is 2.04. The van der Waals surface area contributed by atoms with Crippen LogP contribution in [-0.2, 0) is 10.5 Å². The van der Waals surface area contributed by atoms with Crippen LogP contribution in [-0.4, -0.2) is 13.1 Å². The lowest BCUT2D eigenvalue weighted by Gasteiger charge is -2.02. The Morgan fingerprint density at radius 1 is 1.28 bits per heavy atom. The lowest BCUT2D eigenvalue weighted by molar-refractivity contribution is 0.0598. The van der Waals surface area contributed by atoms with E-state index in [0.717, 1.165) is 4.90 Å². The first-order valence-electron chi connectivity index (χ1n) is 5.55. The van der Waals surface area contributed by atoms with Gasteiger partial charge in [-0.25, -0.2) is 4.79 Å². The van der Waals surface area contributed by atoms with Gasteiger partial charge in [-0.15, -0.1) is 11.8 Å². The third kappa shape index (κ3) is 2.96. The van der Waals surface area contributed by atoms with Crippen molar-refractivity contribution in [3.05, 3.63) is 53.5 Å². The molecule has 0 unspecified atom stereocenters. The Hall–Kier alpha value is -1.68. The molecule has 2 rings (SSSR count). The van der Waals surface area contributed by atoms with Gasteiger partial charge in [-0.1, -0.05) is 17.7 Å². The second-order valence-electron chi connectivity index (χ2n) is 3.85. The topological polar surface area (TPSA) is 39.4 Å². The molecular formula is C14H14O3S. The van der Waals surface area contributed by atoms with E-state index >= 15 is 0 Å². The normalized spacial score (nSPS) is 10.3. The molecule has 0 aliphatic carbocycles. The summed E-state index contributed by atoms with van der Waals surface area (Å²) in [7, 11) is 1.37. The zero-order chi connectivity index (χ0) is 13.0. The summed E-state index contributed by atoms with van der Waals surface area (Å²) < 4.78 is 10.0. The third-order valence-corrected chi connectivity index (χ3v) is 3.55. The highest BCUT2D eigenvalue weighted by Crippen LogP contribution is 2.25. The predicted molar refractivity (Wildman–Crippen MR) is 70.8 cm³/mol. The van der Waals surface area contributed by atoms with Crippen molar-refractivity contribution in [2.24, 2.45) is 0 Å². The molecule has 1 aromatic carbocycles. The number of esters is 1. The monoisotopic (exact) mass is 262 g/mol. The van der Waals surface area contributed by atoms with Crippen LogP contribution in [0.2, 0.25) is 0 Å². The SMILES string of the molecule is COC(=O)c1ccoc1CSc1ccc(C)cc1. The molecule has 0 saturated heterocycles. The highest BCUT2D eigenvalue weighted by atomic mass is 32.2. The molecule has 2 aromatic rings. The molecule has 1 heterocycles. The van der Waals surface area contributed by atoms with Crippen LogP contribution in [0.25, 0.3) is 0 Å². The van der Waals surface area contributed by atoms with Crippen LogP contribution in [0.4, 0.5) is 0 Å². The summed E-state index contributed by atoms with van der Waals surface area (Å²) >= 11 is 1.63. The summed E-state index contributed by atoms with van der Waals surface area (Å²) in [4.78, 5) is 12.6. The van der Waals surface area contributed by atoms with Gasteiger partial charge in [0.05, 0.1) is 19.1 Å². The average molecular weight is 262 g/mol. The van der Waals surface area contributed by atoms with Gasteiger partial charge in [0.15, 0.2) is 0 Å². The van der Waals surface area contributed by atoms with Gasteiger partial charge in [0, 0.05) is 4.90 Å². The highest BCUT2D eigenvalue weighted by Gasteiger charge is 2.14. The molecule has 18 heavy (non-hydrogen) atoms. The minimum absolute atomic E-state index is 0.358. The summed E-state index contributed by atoms with van der Waals surface area (Å²) in [6, 6.07) is 9.87. The second kappa shape index (κ2) is 5.78. The number of furan rings is 1. The second-order valence-corrected chi connectivity index (χ2v) is 4.90. The zero-order valence-corrected chi connectivity index (χ0v) is 11.1. The smallest absolute Gasteiger partial charge is 0.341 e. The molecule has 1 aromatic heterocycles. The summed E-state index contributed by atoms with van der Waals surface area (Å²) in [6.45, 7) is 2.05. The molecule has 0 N–H and O–H groups in total. The van der Waals surface area contributed by atoms with Crippen LogP contribution in [0.15, 0.2) is 45.9 Å². The first kappa shape index (κ1) is 12.8. The van der Waals surface area contributed by atoms with E-state index in [9.17, 15) is 4.79 Å². The lowest BCUT2D eigenvalue weighted by Crippen LogP contribution is -2.02. The third-order valence-electron chi connectivity index (χ3n) is 2.54. The fourth-order valence-corrected chi connectivity index (χ4v) is 2.38. The Bertz CT molecular complexity index is 528. The van der Waals surface area contributed by atoms with Crippen molar-refractivity contribution in [1.29, 1.82) is 0 Å². The molecule has 0 radical (unpaired) electrons. The van der Waals surface area contributed by atoms with E-state index in [0.29, 0.717) is 17.1 Å². The molecule has 0 saturated carbocycles. The van der Waals surface area contributed by atoms with Crippen molar-refractivity contribution in [1.82, 2.24) is 0 Å². The number of hydrogen-bond donors (Lipinski definition) is 0. The van der Waals surface area contributed by atoms with E-state index in [-0.39, 0.29) is 5.97 Å². The van der Waals surface area contributed by atoms with E-state index in [1.807, 2.05) is 0 Å². The van der Waals surface area contributed by atoms with Crippen LogP contribution in [0.5, 0.6) is 0 Å². The van der Waals surface area contributed by atoms with Crippen molar-refractivity contribution < 1.29 is 13.9 Å². The van der Waals surface area contributed by atoms with Gasteiger partial charge in [-0.2, -0.15) is 0 Å². The number of thioether (sulfide) groups is 1. The highest BCUT2D eigenvalue weighted by molar-refractivity contribution is 7.98. The van der Waals surface area contributed by atoms with E-state index < -0.39 is 0 Å². The summed E-state index contributed by atoms with van der Waals surface area (Å²) in [5.74, 6) is 0.899. The lowest BCUT2D eigenvalue weighted by atomic mass is 10.2. The van der Waals surface area contributed by atoms with Crippen molar-refractivity contribution in [2.75, 3.05) is 7.11 Å². The van der Waals surface area contributed by atoms with Gasteiger partial charge in [-0.05, 0) is 25.1 Å². The minimum Gasteiger partial charge on any atom is -0.468 e. The van der Waals surface area contributed by atoms with E-state index in [1.54, 1.807) is 17.8 Å². The standard InChI is InChI=1S/C14H14O3S/c1-10-3-5-11(6-4-10)18-9-13-12(7-8-17-13)14(15)16-2/h3-8H,9H2,1-2H3. The maximum atomic E-state index is 11.5. The summed E-state index contributed by atoms with van der Waals surface area (Å²) in [5, 5.41) is 0. The molecule has 0 amide bonds. The number of hydrogen-bond acceptors (Lipinski definition) is 4. The van der Waals surface area contributed by atoms with Gasteiger partial charge in [0.1, 0.15) is 11.3 Å². The predicted octanol–water partition coefficient (Wildman–Crippen LogP) is 3.67. The van der Waals surface area contributed by atoms with Gasteiger partial charge >= 0.3 is 5.97 Å². The Kier molecular flexibility index (Phi) is 4.10. The largest absolute Gasteiger partial charge is 0.468 e. The van der Waals surface area contributed by atoms with Crippen molar-refractivity contribution >= 4 is 17.7 Å². The van der Waals surface area contributed by atoms with Gasteiger partial charge < -0.3 is 9.15 Å². The Morgan fingerprint density at radius 3 is 2.67 bits per heavy atom. The number of carbonyl (C=O) groups excluding carboxylic acids is 1. The van der Waals surface area contributed by atoms with Gasteiger partial charge in [0.2, 0.25) is 0 Å². The van der Waals surface area contributed by atoms with Crippen molar-refractivity contribution in [3.63, 3.8) is 0 Å². The first-order valence-corrected chi connectivity index (χ1v) is 6.53. The van der Waals surface area contributed by atoms with Crippen LogP contribution < -0.4 is 0 Å². The van der Waals surface area contributed by atoms with E-state index in [4.69, 9.17) is 9.15 Å². The molecule has 94 valence electrons. The minimum atomic E-state index is -0.358. The quantitative estimate of drug-likeness (QED) is 0.622. The number of carbonyl (C=O) groups is 1. The maximum Gasteiger partial charge on any atom is 0.341 e. The molecule has 0 spiro atoms. The fourth-order valence-electron chi connectivity index (χ4n) is 1.53. The molecule has 0 aliphatic heterocycles. The van der Waals surface area contributed by atoms with Crippen molar-refractivity contribution in [3.8, 4) is 0 Å². The molecule has 0 fully saturated rings. The first-order chi connectivity index (χ1) is 8.70. The number of benzene rings is 1. The molecular weight excluding hydrogens is 248 g/mol. The van der Waals surface area contributed by atoms with Crippen LogP contribution >= 0.6 is 11.8 Å². The molecule has 0 bridgehead atoms. The number of aryl methyl sites for hydroxylation is 1. The molecule has 3 nitrogen and oxygen atoms in total. The fraction of sp³-hybridized carbons (Fsp3) is 0.214. The zero-order valence-electron chi connectivity index (χ0n) is 10.3. The Labute approximate surface area is 110 Å². The van der Waals surface area contributed by atoms with Gasteiger partial charge in [0.25, 0.3) is 0 Å². The van der Waals surface area contributed by atoms with E-state index in [1.165, 1.54) is 18.9 Å². The molecule has 4 heteroatoms. The van der Waals surface area contributed by atoms with Crippen LogP contribution in [0.1, 0.15) is 21.7 Å². The Morgan fingerprint density at radius 2 is 2.00 bits per heavy atom. The molecule has 0 aliphatic rings. The van der Waals surface area contributed by atoms with E-state index in [2.05, 4.69) is 31.2 Å². The molecule has 0 atom stereocenters. The summed E-state index contributed by atoms with van der Waals surface area (Å²) in [6.07, 6.45) is 1.51. The average Bonchev–Trinajstić information content (AvgIpc) is 2.85.